The number of rotatable bonds is 11. The number of hydrogen-bond donors (Lipinski definition) is 0. The Morgan fingerprint density at radius 1 is 0.419 bits per heavy atom. The fourth-order valence-electron chi connectivity index (χ4n) is 9.04. The van der Waals surface area contributed by atoms with E-state index in [1.54, 1.807) is 0 Å². The summed E-state index contributed by atoms with van der Waals surface area (Å²) in [6, 6.07) is 72.5. The summed E-state index contributed by atoms with van der Waals surface area (Å²) in [6.45, 7) is 13.5. The number of hydrogen-bond acceptors (Lipinski definition) is 0. The van der Waals surface area contributed by atoms with Gasteiger partial charge in [0.25, 0.3) is 0 Å². The molecule has 0 N–H and O–H groups in total. The molecular weight excluding hydrogens is 745 g/mol. The molecule has 0 heteroatoms. The van der Waals surface area contributed by atoms with Crippen LogP contribution in [0.2, 0.25) is 0 Å². The van der Waals surface area contributed by atoms with E-state index in [2.05, 4.69) is 242 Å². The Balaban J connectivity index is 0.000000150. The Morgan fingerprint density at radius 3 is 1.39 bits per heavy atom. The highest BCUT2D eigenvalue weighted by molar-refractivity contribution is 5.81. The molecule has 1 aliphatic carbocycles. The summed E-state index contributed by atoms with van der Waals surface area (Å²) in [5.41, 5.74) is 20.7. The van der Waals surface area contributed by atoms with Gasteiger partial charge in [-0.05, 0) is 118 Å². The lowest BCUT2D eigenvalue weighted by molar-refractivity contribution is 0.610. The third kappa shape index (κ3) is 10.8. The molecule has 8 aromatic rings. The Kier molecular flexibility index (Phi) is 14.9. The molecule has 0 heterocycles. The van der Waals surface area contributed by atoms with Gasteiger partial charge in [-0.1, -0.05) is 252 Å². The number of unbranched alkanes of at least 4 members (excludes halogenated alkanes) is 1. The van der Waals surface area contributed by atoms with Gasteiger partial charge in [0, 0.05) is 5.41 Å². The summed E-state index contributed by atoms with van der Waals surface area (Å²) in [7, 11) is 0. The van der Waals surface area contributed by atoms with Gasteiger partial charge < -0.3 is 0 Å². The highest BCUT2D eigenvalue weighted by Crippen LogP contribution is 2.49. The summed E-state index contributed by atoms with van der Waals surface area (Å²) in [5.74, 6) is 0.580. The number of fused-ring (bicyclic) bond motifs is 3. The van der Waals surface area contributed by atoms with Gasteiger partial charge in [0.2, 0.25) is 0 Å². The van der Waals surface area contributed by atoms with Crippen molar-refractivity contribution in [2.75, 3.05) is 0 Å². The molecule has 0 aliphatic heterocycles. The Hall–Kier alpha value is -6.24. The quantitative estimate of drug-likeness (QED) is 0.122. The second-order valence-electron chi connectivity index (χ2n) is 17.6. The van der Waals surface area contributed by atoms with Gasteiger partial charge in [0.1, 0.15) is 0 Å². The summed E-state index contributed by atoms with van der Waals surface area (Å²) in [5, 5.41) is 0. The lowest BCUT2D eigenvalue weighted by Gasteiger charge is -2.22. The Morgan fingerprint density at radius 2 is 0.871 bits per heavy atom. The van der Waals surface area contributed by atoms with Crippen LogP contribution in [0.4, 0.5) is 0 Å². The Labute approximate surface area is 373 Å². The molecule has 1 atom stereocenters. The van der Waals surface area contributed by atoms with Crippen molar-refractivity contribution in [1.82, 2.24) is 0 Å². The van der Waals surface area contributed by atoms with Crippen LogP contribution in [0.1, 0.15) is 98.2 Å². The zero-order valence-corrected chi connectivity index (χ0v) is 37.9. The van der Waals surface area contributed by atoms with Gasteiger partial charge in [-0.25, -0.2) is 0 Å². The summed E-state index contributed by atoms with van der Waals surface area (Å²) in [6.07, 6.45) is 7.24. The Bertz CT molecular complexity index is 2540. The molecule has 9 rings (SSSR count). The minimum absolute atomic E-state index is 0.142. The lowest BCUT2D eigenvalue weighted by atomic mass is 9.81. The maximum Gasteiger partial charge on any atom is 0.0159 e. The number of benzene rings is 8. The molecule has 0 nitrogen and oxygen atoms in total. The van der Waals surface area contributed by atoms with Crippen LogP contribution >= 0.6 is 0 Å². The topological polar surface area (TPSA) is 0 Å². The average molecular weight is 809 g/mol. The molecule has 312 valence electrons. The first-order valence-corrected chi connectivity index (χ1v) is 22.9. The molecule has 0 saturated carbocycles. The van der Waals surface area contributed by atoms with Crippen molar-refractivity contribution >= 4 is 0 Å². The minimum atomic E-state index is 0.142. The van der Waals surface area contributed by atoms with Crippen molar-refractivity contribution < 1.29 is 0 Å². The predicted octanol–water partition coefficient (Wildman–Crippen LogP) is 17.5. The first-order valence-electron chi connectivity index (χ1n) is 22.9. The highest BCUT2D eigenvalue weighted by Gasteiger charge is 2.35. The monoisotopic (exact) mass is 809 g/mol. The van der Waals surface area contributed by atoms with E-state index >= 15 is 0 Å². The van der Waals surface area contributed by atoms with Crippen molar-refractivity contribution in [2.45, 2.75) is 91.4 Å². The van der Waals surface area contributed by atoms with Crippen LogP contribution in [0.5, 0.6) is 0 Å². The van der Waals surface area contributed by atoms with Crippen LogP contribution < -0.4 is 0 Å². The molecule has 0 saturated heterocycles. The summed E-state index contributed by atoms with van der Waals surface area (Å²) in [4.78, 5) is 0. The van der Waals surface area contributed by atoms with Crippen LogP contribution in [0, 0.1) is 13.8 Å². The maximum atomic E-state index is 2.34. The maximum absolute atomic E-state index is 2.34. The second-order valence-corrected chi connectivity index (χ2v) is 17.6. The van der Waals surface area contributed by atoms with E-state index in [0.717, 1.165) is 6.42 Å². The molecule has 0 radical (unpaired) electrons. The molecule has 0 amide bonds. The second kappa shape index (κ2) is 21.0. The zero-order valence-electron chi connectivity index (χ0n) is 37.9. The third-order valence-electron chi connectivity index (χ3n) is 12.6. The molecule has 0 aromatic heterocycles. The molecule has 1 unspecified atom stereocenters. The lowest BCUT2D eigenvalue weighted by Crippen LogP contribution is -2.15. The van der Waals surface area contributed by atoms with Crippen molar-refractivity contribution in [3.8, 4) is 44.5 Å². The molecule has 1 aliphatic rings. The van der Waals surface area contributed by atoms with Crippen LogP contribution in [0.15, 0.2) is 200 Å². The normalized spacial score (nSPS) is 12.5. The van der Waals surface area contributed by atoms with Gasteiger partial charge in [0.15, 0.2) is 0 Å². The van der Waals surface area contributed by atoms with E-state index in [1.807, 2.05) is 0 Å². The highest BCUT2D eigenvalue weighted by atomic mass is 14.4. The molecule has 8 aromatic carbocycles. The SMILES string of the molecule is CCCC(Cc1ccccc1)c1ccc(-c2ccc(-c3ccccc3)cc2)cc1.CCCCc1ccccc1-c1ccccc1.Cc1ccc2c(c1)C(C)(C)c1cc(C)ccc1-2. The summed E-state index contributed by atoms with van der Waals surface area (Å²) >= 11 is 0. The smallest absolute Gasteiger partial charge is 0.0159 e. The average Bonchev–Trinajstić information content (AvgIpc) is 3.53. The fourth-order valence-corrected chi connectivity index (χ4v) is 9.04. The largest absolute Gasteiger partial charge is 0.0654 e. The first-order chi connectivity index (χ1) is 30.2. The fraction of sp³-hybridized carbons (Fsp3) is 0.226. The third-order valence-corrected chi connectivity index (χ3v) is 12.6. The van der Waals surface area contributed by atoms with Crippen molar-refractivity contribution in [3.05, 3.63) is 239 Å². The number of aryl methyl sites for hydroxylation is 3. The van der Waals surface area contributed by atoms with E-state index in [1.165, 1.54) is 116 Å². The van der Waals surface area contributed by atoms with Gasteiger partial charge in [-0.15, -0.1) is 0 Å². The summed E-state index contributed by atoms with van der Waals surface area (Å²) < 4.78 is 0. The van der Waals surface area contributed by atoms with E-state index in [0.29, 0.717) is 5.92 Å². The van der Waals surface area contributed by atoms with Gasteiger partial charge in [0.05, 0.1) is 0 Å². The molecule has 0 fully saturated rings. The molecule has 0 bridgehead atoms. The molecule has 62 heavy (non-hydrogen) atoms. The zero-order chi connectivity index (χ0) is 43.3. The molecule has 0 spiro atoms. The van der Waals surface area contributed by atoms with Crippen LogP contribution in [-0.2, 0) is 18.3 Å². The van der Waals surface area contributed by atoms with Gasteiger partial charge >= 0.3 is 0 Å². The van der Waals surface area contributed by atoms with Crippen LogP contribution in [0.3, 0.4) is 0 Å². The van der Waals surface area contributed by atoms with E-state index in [4.69, 9.17) is 0 Å². The first kappa shape index (κ1) is 43.8. The van der Waals surface area contributed by atoms with Crippen LogP contribution in [0.25, 0.3) is 44.5 Å². The van der Waals surface area contributed by atoms with E-state index in [9.17, 15) is 0 Å². The standard InChI is InChI=1S/C29H28.C17H18.C16H18/c1-2-9-29(22-23-10-5-3-6-11-23)28-20-18-27(19-21-28)26-16-14-25(15-17-26)24-12-7-4-8-13-24;1-11-5-7-13-14-8-6-12(2)10-16(14)17(3,4)15(13)9-11;1-2-3-9-14-12-7-8-13-16(14)15-10-5-4-6-11-15/h3-8,10-21,29H,2,9,22H2,1H3;5-10H,1-4H3;4-8,10-13H,2-3,9H2,1H3. The minimum Gasteiger partial charge on any atom is -0.0654 e. The van der Waals surface area contributed by atoms with E-state index in [-0.39, 0.29) is 5.41 Å². The van der Waals surface area contributed by atoms with Crippen molar-refractivity contribution in [2.24, 2.45) is 0 Å². The van der Waals surface area contributed by atoms with Crippen molar-refractivity contribution in [3.63, 3.8) is 0 Å². The van der Waals surface area contributed by atoms with Gasteiger partial charge in [-0.3, -0.25) is 0 Å². The van der Waals surface area contributed by atoms with Gasteiger partial charge in [-0.2, -0.15) is 0 Å². The predicted molar refractivity (Wildman–Crippen MR) is 269 cm³/mol. The van der Waals surface area contributed by atoms with Crippen LogP contribution in [-0.4, -0.2) is 0 Å². The van der Waals surface area contributed by atoms with E-state index < -0.39 is 0 Å². The van der Waals surface area contributed by atoms with Crippen molar-refractivity contribution in [1.29, 1.82) is 0 Å². The molecular formula is C62H64.